The first kappa shape index (κ1) is 15.0. The highest BCUT2D eigenvalue weighted by molar-refractivity contribution is 7.90. The molecule has 0 fully saturated rings. The highest BCUT2D eigenvalue weighted by Gasteiger charge is 2.18. The second kappa shape index (κ2) is 5.28. The molecule has 0 spiro atoms. The van der Waals surface area contributed by atoms with Gasteiger partial charge in [0.2, 0.25) is 0 Å². The minimum Gasteiger partial charge on any atom is -0.389 e. The average Bonchev–Trinajstić information content (AvgIpc) is 2.24. The quantitative estimate of drug-likeness (QED) is 0.885. The van der Waals surface area contributed by atoms with Crippen molar-refractivity contribution in [3.63, 3.8) is 0 Å². The van der Waals surface area contributed by atoms with Crippen LogP contribution in [0.15, 0.2) is 29.2 Å². The summed E-state index contributed by atoms with van der Waals surface area (Å²) in [5.41, 5.74) is 0.123. The van der Waals surface area contributed by atoms with E-state index >= 15 is 0 Å². The first-order valence-corrected chi connectivity index (χ1v) is 7.80. The number of hydrogen-bond acceptors (Lipinski definition) is 4. The lowest BCUT2D eigenvalue weighted by molar-refractivity contribution is 0.0876. The third-order valence-electron chi connectivity index (χ3n) is 2.59. The van der Waals surface area contributed by atoms with Gasteiger partial charge in [-0.2, -0.15) is 0 Å². The Morgan fingerprint density at radius 2 is 1.72 bits per heavy atom. The molecule has 0 aliphatic heterocycles. The van der Waals surface area contributed by atoms with Gasteiger partial charge in [0.1, 0.15) is 0 Å². The molecule has 1 aromatic carbocycles. The Morgan fingerprint density at radius 1 is 1.22 bits per heavy atom. The number of hydrogen-bond donors (Lipinski definition) is 1. The first-order chi connectivity index (χ1) is 8.13. The Labute approximate surface area is 109 Å². The fourth-order valence-corrected chi connectivity index (χ4v) is 2.39. The van der Waals surface area contributed by atoms with E-state index in [-0.39, 0.29) is 0 Å². The van der Waals surface area contributed by atoms with E-state index in [1.165, 1.54) is 6.26 Å². The molecule has 0 aliphatic carbocycles. The van der Waals surface area contributed by atoms with E-state index in [0.29, 0.717) is 11.4 Å². The molecule has 1 rings (SSSR count). The number of aliphatic hydroxyl groups is 1. The second-order valence-electron chi connectivity index (χ2n) is 5.09. The maximum Gasteiger partial charge on any atom is 0.175 e. The molecule has 0 saturated carbocycles. The summed E-state index contributed by atoms with van der Waals surface area (Å²) in [4.78, 5) is 2.32. The van der Waals surface area contributed by atoms with Crippen LogP contribution >= 0.6 is 0 Å². The topological polar surface area (TPSA) is 57.6 Å². The van der Waals surface area contributed by atoms with Crippen molar-refractivity contribution in [3.05, 3.63) is 24.3 Å². The zero-order valence-electron chi connectivity index (χ0n) is 11.3. The third kappa shape index (κ3) is 4.31. The highest BCUT2D eigenvalue weighted by Crippen LogP contribution is 2.19. The summed E-state index contributed by atoms with van der Waals surface area (Å²) < 4.78 is 22.7. The summed E-state index contributed by atoms with van der Waals surface area (Å²) in [6.07, 6.45) is 1.19. The molecular formula is C13H21NO3S. The maximum atomic E-state index is 11.4. The van der Waals surface area contributed by atoms with Crippen molar-refractivity contribution in [3.8, 4) is 0 Å². The van der Waals surface area contributed by atoms with Crippen LogP contribution in [0.4, 0.5) is 5.69 Å². The Kier molecular flexibility index (Phi) is 4.40. The molecule has 102 valence electrons. The lowest BCUT2D eigenvalue weighted by Crippen LogP contribution is -2.38. The molecule has 0 bridgehead atoms. The molecule has 0 unspecified atom stereocenters. The Morgan fingerprint density at radius 3 is 2.06 bits per heavy atom. The molecule has 0 aliphatic rings. The Balaban J connectivity index is 2.96. The first-order valence-electron chi connectivity index (χ1n) is 5.91. The van der Waals surface area contributed by atoms with Crippen LogP contribution in [-0.4, -0.2) is 38.5 Å². The summed E-state index contributed by atoms with van der Waals surface area (Å²) in [6.45, 7) is 6.75. The SMILES string of the molecule is CCN(CC(C)(C)O)c1ccc(S(C)(=O)=O)cc1. The van der Waals surface area contributed by atoms with Crippen molar-refractivity contribution in [2.45, 2.75) is 31.3 Å². The van der Waals surface area contributed by atoms with Crippen LogP contribution in [-0.2, 0) is 9.84 Å². The molecule has 4 nitrogen and oxygen atoms in total. The van der Waals surface area contributed by atoms with Gasteiger partial charge in [-0.3, -0.25) is 0 Å². The summed E-state index contributed by atoms with van der Waals surface area (Å²) >= 11 is 0. The number of nitrogens with zero attached hydrogens (tertiary/aromatic N) is 1. The molecule has 0 amide bonds. The van der Waals surface area contributed by atoms with Crippen LogP contribution in [0.3, 0.4) is 0 Å². The van der Waals surface area contributed by atoms with Gasteiger partial charge >= 0.3 is 0 Å². The molecule has 0 aromatic heterocycles. The largest absolute Gasteiger partial charge is 0.389 e. The van der Waals surface area contributed by atoms with Crippen LogP contribution in [0.2, 0.25) is 0 Å². The molecule has 5 heteroatoms. The van der Waals surface area contributed by atoms with Gasteiger partial charge in [-0.25, -0.2) is 8.42 Å². The van der Waals surface area contributed by atoms with E-state index in [4.69, 9.17) is 0 Å². The monoisotopic (exact) mass is 271 g/mol. The molecule has 0 radical (unpaired) electrons. The Hall–Kier alpha value is -1.07. The predicted molar refractivity (Wildman–Crippen MR) is 73.7 cm³/mol. The van der Waals surface area contributed by atoms with Crippen molar-refractivity contribution < 1.29 is 13.5 Å². The number of sulfone groups is 1. The van der Waals surface area contributed by atoms with E-state index in [1.807, 2.05) is 11.8 Å². The van der Waals surface area contributed by atoms with E-state index in [0.717, 1.165) is 12.2 Å². The minimum atomic E-state index is -3.16. The summed E-state index contributed by atoms with van der Waals surface area (Å²) in [7, 11) is -3.16. The maximum absolute atomic E-state index is 11.4. The van der Waals surface area contributed by atoms with E-state index < -0.39 is 15.4 Å². The third-order valence-corrected chi connectivity index (χ3v) is 3.72. The van der Waals surface area contributed by atoms with Crippen molar-refractivity contribution in [1.82, 2.24) is 0 Å². The van der Waals surface area contributed by atoms with Gasteiger partial charge in [-0.15, -0.1) is 0 Å². The summed E-state index contributed by atoms with van der Waals surface area (Å²) in [6, 6.07) is 6.73. The molecule has 1 aromatic rings. The number of benzene rings is 1. The van der Waals surface area contributed by atoms with Crippen molar-refractivity contribution in [1.29, 1.82) is 0 Å². The summed E-state index contributed by atoms with van der Waals surface area (Å²) in [5.74, 6) is 0. The second-order valence-corrected chi connectivity index (χ2v) is 7.11. The zero-order chi connectivity index (χ0) is 14.0. The van der Waals surface area contributed by atoms with Gasteiger partial charge in [0.15, 0.2) is 9.84 Å². The van der Waals surface area contributed by atoms with Crippen molar-refractivity contribution in [2.24, 2.45) is 0 Å². The lowest BCUT2D eigenvalue weighted by atomic mass is 10.1. The highest BCUT2D eigenvalue weighted by atomic mass is 32.2. The fraction of sp³-hybridized carbons (Fsp3) is 0.538. The Bertz CT molecular complexity index is 486. The van der Waals surface area contributed by atoms with Gasteiger partial charge in [-0.05, 0) is 45.0 Å². The number of likely N-dealkylation sites (N-methyl/N-ethyl adjacent to an activating group) is 1. The minimum absolute atomic E-state index is 0.311. The van der Waals surface area contributed by atoms with Gasteiger partial charge in [0.05, 0.1) is 10.5 Å². The predicted octanol–water partition coefficient (Wildman–Crippen LogP) is 1.69. The van der Waals surface area contributed by atoms with Crippen molar-refractivity contribution in [2.75, 3.05) is 24.2 Å². The van der Waals surface area contributed by atoms with E-state index in [2.05, 4.69) is 0 Å². The van der Waals surface area contributed by atoms with Gasteiger partial charge < -0.3 is 10.0 Å². The molecule has 0 heterocycles. The smallest absolute Gasteiger partial charge is 0.175 e. The zero-order valence-corrected chi connectivity index (χ0v) is 12.2. The molecule has 18 heavy (non-hydrogen) atoms. The van der Waals surface area contributed by atoms with Crippen LogP contribution in [0.25, 0.3) is 0 Å². The van der Waals surface area contributed by atoms with Crippen LogP contribution in [0.1, 0.15) is 20.8 Å². The van der Waals surface area contributed by atoms with Crippen LogP contribution < -0.4 is 4.90 Å². The number of anilines is 1. The normalized spacial score (nSPS) is 12.5. The average molecular weight is 271 g/mol. The van der Waals surface area contributed by atoms with E-state index in [9.17, 15) is 13.5 Å². The van der Waals surface area contributed by atoms with E-state index in [1.54, 1.807) is 38.1 Å². The molecule has 0 atom stereocenters. The van der Waals surface area contributed by atoms with Crippen LogP contribution in [0.5, 0.6) is 0 Å². The van der Waals surface area contributed by atoms with Gasteiger partial charge in [0, 0.05) is 25.0 Å². The number of rotatable bonds is 5. The standard InChI is InChI=1S/C13H21NO3S/c1-5-14(10-13(2,3)15)11-6-8-12(9-7-11)18(4,16)17/h6-9,15H,5,10H2,1-4H3. The molecular weight excluding hydrogens is 250 g/mol. The molecule has 0 saturated heterocycles. The fourth-order valence-electron chi connectivity index (χ4n) is 1.76. The lowest BCUT2D eigenvalue weighted by Gasteiger charge is -2.30. The summed E-state index contributed by atoms with van der Waals surface area (Å²) in [5, 5.41) is 9.83. The van der Waals surface area contributed by atoms with Gasteiger partial charge in [0.25, 0.3) is 0 Å². The van der Waals surface area contributed by atoms with Crippen LogP contribution in [0, 0.1) is 0 Å². The van der Waals surface area contributed by atoms with Gasteiger partial charge in [-0.1, -0.05) is 0 Å². The van der Waals surface area contributed by atoms with Crippen molar-refractivity contribution >= 4 is 15.5 Å². The molecule has 1 N–H and O–H groups in total.